The zero-order valence-corrected chi connectivity index (χ0v) is 9.88. The van der Waals surface area contributed by atoms with Gasteiger partial charge >= 0.3 is 53.9 Å². The predicted molar refractivity (Wildman–Crippen MR) is 46.1 cm³/mol. The van der Waals surface area contributed by atoms with Crippen LogP contribution in [0.4, 0.5) is 0 Å². The Labute approximate surface area is 90.8 Å². The fourth-order valence-corrected chi connectivity index (χ4v) is 0.516. The van der Waals surface area contributed by atoms with Crippen LogP contribution in [0.5, 0.6) is 0 Å². The van der Waals surface area contributed by atoms with Crippen molar-refractivity contribution in [3.05, 3.63) is 0 Å². The summed E-state index contributed by atoms with van der Waals surface area (Å²) in [6.45, 7) is 0. The summed E-state index contributed by atoms with van der Waals surface area (Å²) in [5.41, 5.74) is 0. The second-order valence-corrected chi connectivity index (χ2v) is 2.03. The average molecular weight is 231 g/mol. The van der Waals surface area contributed by atoms with E-state index in [9.17, 15) is 4.79 Å². The van der Waals surface area contributed by atoms with Crippen LogP contribution in [-0.4, -0.2) is 47.7 Å². The quantitative estimate of drug-likeness (QED) is 0.497. The normalized spacial score (nSPS) is 5.92. The minimum absolute atomic E-state index is 0.316. The Morgan fingerprint density at radius 3 is 1.46 bits per heavy atom. The number of rotatable bonds is 3. The predicted octanol–water partition coefficient (Wildman–Crippen LogP) is -0.358. The van der Waals surface area contributed by atoms with Crippen LogP contribution in [0.15, 0.2) is 0 Å². The molecule has 6 heteroatoms. The van der Waals surface area contributed by atoms with E-state index in [1.165, 1.54) is 0 Å². The summed E-state index contributed by atoms with van der Waals surface area (Å²) in [4.78, 5) is 9.76. The van der Waals surface area contributed by atoms with Crippen molar-refractivity contribution in [1.29, 1.82) is 0 Å². The van der Waals surface area contributed by atoms with Gasteiger partial charge in [0.2, 0.25) is 0 Å². The van der Waals surface area contributed by atoms with Gasteiger partial charge in [-0.05, 0) is 0 Å². The van der Waals surface area contributed by atoms with Crippen LogP contribution < -0.4 is 0 Å². The Morgan fingerprint density at radius 1 is 1.08 bits per heavy atom. The summed E-state index contributed by atoms with van der Waals surface area (Å²) in [6.07, 6.45) is 1.12. The van der Waals surface area contributed by atoms with Crippen LogP contribution >= 0.6 is 0 Å². The van der Waals surface area contributed by atoms with Crippen molar-refractivity contribution in [3.8, 4) is 0 Å². The van der Waals surface area contributed by atoms with E-state index in [0.717, 1.165) is 32.5 Å². The van der Waals surface area contributed by atoms with E-state index in [-0.39, 0.29) is 0 Å². The summed E-state index contributed by atoms with van der Waals surface area (Å²) < 4.78 is 0.965. The number of carboxylic acid groups (broad SMARTS) is 1. The molecule has 0 radical (unpaired) electrons. The number of hydrogen-bond acceptors (Lipinski definition) is 4. The summed E-state index contributed by atoms with van der Waals surface area (Å²) in [7, 11) is 3.00. The van der Waals surface area contributed by atoms with Crippen LogP contribution in [0.25, 0.3) is 0 Å². The van der Waals surface area contributed by atoms with Gasteiger partial charge in [-0.2, -0.15) is 0 Å². The van der Waals surface area contributed by atoms with Crippen LogP contribution in [0.2, 0.25) is 4.73 Å². The van der Waals surface area contributed by atoms with Crippen molar-refractivity contribution >= 4 is 5.97 Å². The first-order chi connectivity index (χ1) is 6.27. The number of carbonyl (C=O) groups is 1. The maximum atomic E-state index is 9.76. The zero-order valence-electron chi connectivity index (χ0n) is 8.32. The van der Waals surface area contributed by atoms with Gasteiger partial charge in [0.1, 0.15) is 0 Å². The van der Waals surface area contributed by atoms with Gasteiger partial charge in [0.05, 0.1) is 0 Å². The Bertz CT molecular complexity index is 69.9. The summed E-state index contributed by atoms with van der Waals surface area (Å²) in [5.74, 6) is -0.693. The molecule has 4 N–H and O–H groups in total. The molecule has 0 spiro atoms. The fourth-order valence-electron chi connectivity index (χ4n) is 0.240. The molecule has 0 aliphatic rings. The van der Waals surface area contributed by atoms with E-state index in [1.54, 1.807) is 0 Å². The number of carboxylic acids is 1. The topological polar surface area (TPSA) is 98.0 Å². The number of aliphatic hydroxyl groups excluding tert-OH is 3. The monoisotopic (exact) mass is 231 g/mol. The average Bonchev–Trinajstić information content (AvgIpc) is 2.24. The van der Waals surface area contributed by atoms with Crippen LogP contribution in [-0.2, 0) is 25.2 Å². The molecule has 0 aromatic heterocycles. The first kappa shape index (κ1) is 23.1. The molecule has 0 aromatic rings. The Kier molecular flexibility index (Phi) is 71.5. The molecule has 0 saturated carbocycles. The number of aliphatic hydroxyl groups is 3. The minimum atomic E-state index is -0.693. The van der Waals surface area contributed by atoms with Crippen LogP contribution in [0.3, 0.4) is 0 Å². The van der Waals surface area contributed by atoms with Gasteiger partial charge in [-0.1, -0.05) is 0 Å². The second-order valence-electron chi connectivity index (χ2n) is 1.25. The molecule has 0 heterocycles. The van der Waals surface area contributed by atoms with Crippen LogP contribution in [0, 0.1) is 0 Å². The van der Waals surface area contributed by atoms with Gasteiger partial charge in [-0.15, -0.1) is 0 Å². The van der Waals surface area contributed by atoms with Crippen LogP contribution in [0.1, 0.15) is 12.8 Å². The van der Waals surface area contributed by atoms with Crippen molar-refractivity contribution < 1.29 is 45.7 Å². The molecular formula is C7H19O5Ti. The molecule has 0 amide bonds. The van der Waals surface area contributed by atoms with E-state index in [2.05, 4.69) is 0 Å². The molecule has 0 saturated heterocycles. The van der Waals surface area contributed by atoms with E-state index < -0.39 is 5.97 Å². The standard InChI is InChI=1S/C4H7O2.3CH4O.Ti/c1-2-3-4(5)6;3*1-2;/h1-3H2,(H,5,6);3*2H,1H3;. The molecule has 0 fully saturated rings. The Balaban J connectivity index is -0.0000000573. The van der Waals surface area contributed by atoms with Gasteiger partial charge in [0.15, 0.2) is 0 Å². The third kappa shape index (κ3) is 74.0. The molecule has 0 bridgehead atoms. The summed E-state index contributed by atoms with van der Waals surface area (Å²) in [6, 6.07) is 0. The van der Waals surface area contributed by atoms with Crippen molar-refractivity contribution in [3.63, 3.8) is 0 Å². The molecule has 81 valence electrons. The van der Waals surface area contributed by atoms with Crippen molar-refractivity contribution in [2.45, 2.75) is 17.6 Å². The zero-order chi connectivity index (χ0) is 11.7. The second kappa shape index (κ2) is 40.2. The van der Waals surface area contributed by atoms with Gasteiger partial charge in [0, 0.05) is 21.3 Å². The Morgan fingerprint density at radius 2 is 1.38 bits per heavy atom. The third-order valence-electron chi connectivity index (χ3n) is 0.567. The SMILES string of the molecule is CO.CO.CO.O=C(O)CC[CH2][Ti]. The van der Waals surface area contributed by atoms with Crippen molar-refractivity contribution in [2.24, 2.45) is 0 Å². The van der Waals surface area contributed by atoms with Gasteiger partial charge in [0.25, 0.3) is 0 Å². The fraction of sp³-hybridized carbons (Fsp3) is 0.857. The van der Waals surface area contributed by atoms with Gasteiger partial charge < -0.3 is 15.3 Å². The molecule has 0 unspecified atom stereocenters. The first-order valence-corrected chi connectivity index (χ1v) is 4.58. The first-order valence-electron chi connectivity index (χ1n) is 3.48. The number of hydrogen-bond donors (Lipinski definition) is 4. The molecule has 13 heavy (non-hydrogen) atoms. The number of aliphatic carboxylic acids is 1. The molecule has 5 nitrogen and oxygen atoms in total. The summed E-state index contributed by atoms with van der Waals surface area (Å²) in [5, 5.41) is 29.0. The van der Waals surface area contributed by atoms with Gasteiger partial charge in [-0.3, -0.25) is 0 Å². The van der Waals surface area contributed by atoms with E-state index >= 15 is 0 Å². The van der Waals surface area contributed by atoms with Crippen molar-refractivity contribution in [1.82, 2.24) is 0 Å². The molecule has 0 atom stereocenters. The van der Waals surface area contributed by atoms with Crippen molar-refractivity contribution in [2.75, 3.05) is 21.3 Å². The van der Waals surface area contributed by atoms with E-state index in [4.69, 9.17) is 20.4 Å². The molecule has 0 aliphatic heterocycles. The van der Waals surface area contributed by atoms with E-state index in [0.29, 0.717) is 6.42 Å². The third-order valence-corrected chi connectivity index (χ3v) is 1.12. The summed E-state index contributed by atoms with van der Waals surface area (Å²) >= 11 is 1.98. The molecule has 0 aliphatic carbocycles. The van der Waals surface area contributed by atoms with E-state index in [1.807, 2.05) is 20.4 Å². The molecule has 0 rings (SSSR count). The molecule has 0 aromatic carbocycles. The Hall–Kier alpha value is 0.0643. The van der Waals surface area contributed by atoms with Gasteiger partial charge in [-0.25, -0.2) is 0 Å². The molecular weight excluding hydrogens is 212 g/mol. The maximum absolute atomic E-state index is 9.76.